The lowest BCUT2D eigenvalue weighted by atomic mass is 10.1. The summed E-state index contributed by atoms with van der Waals surface area (Å²) in [6.07, 6.45) is 0.913. The zero-order valence-electron chi connectivity index (χ0n) is 8.12. The Bertz CT molecular complexity index is 349. The highest BCUT2D eigenvalue weighted by atomic mass is 16.5. The van der Waals surface area contributed by atoms with Crippen LogP contribution in [0.4, 0.5) is 5.69 Å². The number of rotatable bonds is 1. The molecule has 1 N–H and O–H groups in total. The summed E-state index contributed by atoms with van der Waals surface area (Å²) in [5, 5.41) is 2.82. The Morgan fingerprint density at radius 1 is 1.50 bits per heavy atom. The second-order valence-corrected chi connectivity index (χ2v) is 3.34. The molecule has 0 radical (unpaired) electrons. The van der Waals surface area contributed by atoms with Gasteiger partial charge in [0.2, 0.25) is 5.91 Å². The van der Waals surface area contributed by atoms with E-state index in [-0.39, 0.29) is 18.6 Å². The lowest BCUT2D eigenvalue weighted by Crippen LogP contribution is -2.15. The SMILES string of the molecule is CCC1OCC(=O)Nc2ccccc21. The van der Waals surface area contributed by atoms with Crippen molar-refractivity contribution in [2.75, 3.05) is 11.9 Å². The maximum atomic E-state index is 11.3. The quantitative estimate of drug-likeness (QED) is 0.738. The first-order valence-electron chi connectivity index (χ1n) is 4.81. The normalized spacial score (nSPS) is 20.9. The molecule has 0 fully saturated rings. The largest absolute Gasteiger partial charge is 0.364 e. The van der Waals surface area contributed by atoms with Crippen LogP contribution in [0.5, 0.6) is 0 Å². The van der Waals surface area contributed by atoms with E-state index in [9.17, 15) is 4.79 Å². The minimum absolute atomic E-state index is 0.0325. The van der Waals surface area contributed by atoms with Crippen molar-refractivity contribution in [3.8, 4) is 0 Å². The van der Waals surface area contributed by atoms with Gasteiger partial charge in [-0.25, -0.2) is 0 Å². The number of ether oxygens (including phenoxy) is 1. The van der Waals surface area contributed by atoms with Crippen molar-refractivity contribution in [3.05, 3.63) is 29.8 Å². The van der Waals surface area contributed by atoms with E-state index in [1.54, 1.807) is 0 Å². The Morgan fingerprint density at radius 2 is 2.29 bits per heavy atom. The molecule has 1 aromatic carbocycles. The van der Waals surface area contributed by atoms with Gasteiger partial charge in [0.15, 0.2) is 0 Å². The molecule has 0 saturated carbocycles. The molecule has 3 heteroatoms. The molecule has 1 aliphatic heterocycles. The molecule has 0 spiro atoms. The van der Waals surface area contributed by atoms with Crippen molar-refractivity contribution in [2.45, 2.75) is 19.4 Å². The molecule has 0 bridgehead atoms. The molecular formula is C11H13NO2. The van der Waals surface area contributed by atoms with Crippen LogP contribution in [0, 0.1) is 0 Å². The Hall–Kier alpha value is -1.35. The van der Waals surface area contributed by atoms with Crippen molar-refractivity contribution in [2.24, 2.45) is 0 Å². The Kier molecular flexibility index (Phi) is 2.50. The first-order chi connectivity index (χ1) is 6.81. The molecule has 1 heterocycles. The number of benzene rings is 1. The molecule has 0 aromatic heterocycles. The van der Waals surface area contributed by atoms with Gasteiger partial charge in [0.25, 0.3) is 0 Å². The van der Waals surface area contributed by atoms with Crippen LogP contribution < -0.4 is 5.32 Å². The van der Waals surface area contributed by atoms with Gasteiger partial charge in [-0.2, -0.15) is 0 Å². The summed E-state index contributed by atoms with van der Waals surface area (Å²) in [7, 11) is 0. The van der Waals surface area contributed by atoms with Gasteiger partial charge in [-0.1, -0.05) is 25.1 Å². The smallest absolute Gasteiger partial charge is 0.250 e. The Labute approximate surface area is 83.1 Å². The molecule has 2 rings (SSSR count). The third-order valence-corrected chi connectivity index (χ3v) is 2.37. The van der Waals surface area contributed by atoms with Crippen LogP contribution >= 0.6 is 0 Å². The lowest BCUT2D eigenvalue weighted by Gasteiger charge is -2.14. The number of hydrogen-bond donors (Lipinski definition) is 1. The second kappa shape index (κ2) is 3.80. The fraction of sp³-hybridized carbons (Fsp3) is 0.364. The molecule has 1 unspecified atom stereocenters. The Balaban J connectivity index is 2.40. The number of amides is 1. The highest BCUT2D eigenvalue weighted by Gasteiger charge is 2.20. The summed E-state index contributed by atoms with van der Waals surface area (Å²) in [6.45, 7) is 2.20. The third kappa shape index (κ3) is 1.63. The van der Waals surface area contributed by atoms with Gasteiger partial charge in [-0.3, -0.25) is 4.79 Å². The van der Waals surface area contributed by atoms with Gasteiger partial charge in [-0.15, -0.1) is 0 Å². The van der Waals surface area contributed by atoms with Crippen molar-refractivity contribution >= 4 is 11.6 Å². The van der Waals surface area contributed by atoms with E-state index in [4.69, 9.17) is 4.74 Å². The van der Waals surface area contributed by atoms with Crippen molar-refractivity contribution in [3.63, 3.8) is 0 Å². The minimum atomic E-state index is -0.0756. The molecule has 0 aliphatic carbocycles. The van der Waals surface area contributed by atoms with E-state index in [0.717, 1.165) is 17.7 Å². The summed E-state index contributed by atoms with van der Waals surface area (Å²) in [6, 6.07) is 7.78. The van der Waals surface area contributed by atoms with E-state index < -0.39 is 0 Å². The average Bonchev–Trinajstić information content (AvgIpc) is 2.36. The van der Waals surface area contributed by atoms with Crippen LogP contribution in [0.3, 0.4) is 0 Å². The molecular weight excluding hydrogens is 178 g/mol. The van der Waals surface area contributed by atoms with Crippen LogP contribution in [-0.4, -0.2) is 12.5 Å². The number of fused-ring (bicyclic) bond motifs is 1. The standard InChI is InChI=1S/C11H13NO2/c1-2-10-8-5-3-4-6-9(8)12-11(13)7-14-10/h3-6,10H,2,7H2,1H3,(H,12,13). The zero-order chi connectivity index (χ0) is 9.97. The van der Waals surface area contributed by atoms with Crippen molar-refractivity contribution in [1.82, 2.24) is 0 Å². The topological polar surface area (TPSA) is 38.3 Å². The van der Waals surface area contributed by atoms with Crippen molar-refractivity contribution in [1.29, 1.82) is 0 Å². The number of carbonyl (C=O) groups is 1. The molecule has 1 amide bonds. The predicted octanol–water partition coefficient (Wildman–Crippen LogP) is 2.11. The van der Waals surface area contributed by atoms with Gasteiger partial charge in [0, 0.05) is 11.3 Å². The molecule has 3 nitrogen and oxygen atoms in total. The number of para-hydroxylation sites is 1. The molecule has 74 valence electrons. The van der Waals surface area contributed by atoms with Crippen LogP contribution in [0.25, 0.3) is 0 Å². The highest BCUT2D eigenvalue weighted by Crippen LogP contribution is 2.29. The predicted molar refractivity (Wildman–Crippen MR) is 54.1 cm³/mol. The van der Waals surface area contributed by atoms with Gasteiger partial charge in [-0.05, 0) is 12.5 Å². The molecule has 1 atom stereocenters. The summed E-state index contributed by atoms with van der Waals surface area (Å²) in [5.41, 5.74) is 1.95. The first-order valence-corrected chi connectivity index (χ1v) is 4.81. The maximum Gasteiger partial charge on any atom is 0.250 e. The molecule has 1 aromatic rings. The van der Waals surface area contributed by atoms with E-state index in [1.807, 2.05) is 24.3 Å². The monoisotopic (exact) mass is 191 g/mol. The van der Waals surface area contributed by atoms with Crippen LogP contribution in [0.15, 0.2) is 24.3 Å². The van der Waals surface area contributed by atoms with E-state index in [0.29, 0.717) is 0 Å². The average molecular weight is 191 g/mol. The Morgan fingerprint density at radius 3 is 3.07 bits per heavy atom. The third-order valence-electron chi connectivity index (χ3n) is 2.37. The van der Waals surface area contributed by atoms with Crippen LogP contribution in [-0.2, 0) is 9.53 Å². The molecule has 0 saturated heterocycles. The van der Waals surface area contributed by atoms with Crippen LogP contribution in [0.1, 0.15) is 25.0 Å². The summed E-state index contributed by atoms with van der Waals surface area (Å²) in [5.74, 6) is -0.0756. The number of carbonyl (C=O) groups excluding carboxylic acids is 1. The second-order valence-electron chi connectivity index (χ2n) is 3.34. The zero-order valence-corrected chi connectivity index (χ0v) is 8.12. The number of nitrogens with one attached hydrogen (secondary N) is 1. The lowest BCUT2D eigenvalue weighted by molar-refractivity contribution is -0.122. The first kappa shape index (κ1) is 9.21. The molecule has 1 aliphatic rings. The molecule has 14 heavy (non-hydrogen) atoms. The number of hydrogen-bond acceptors (Lipinski definition) is 2. The van der Waals surface area contributed by atoms with Crippen molar-refractivity contribution < 1.29 is 9.53 Å². The van der Waals surface area contributed by atoms with E-state index in [1.165, 1.54) is 0 Å². The maximum absolute atomic E-state index is 11.3. The fourth-order valence-electron chi connectivity index (χ4n) is 1.68. The summed E-state index contributed by atoms with van der Waals surface area (Å²) < 4.78 is 5.48. The highest BCUT2D eigenvalue weighted by molar-refractivity contribution is 5.93. The van der Waals surface area contributed by atoms with Gasteiger partial charge in [0.05, 0.1) is 6.10 Å². The minimum Gasteiger partial charge on any atom is -0.364 e. The fourth-order valence-corrected chi connectivity index (χ4v) is 1.68. The van der Waals surface area contributed by atoms with E-state index >= 15 is 0 Å². The van der Waals surface area contributed by atoms with Gasteiger partial charge in [0.1, 0.15) is 6.61 Å². The summed E-state index contributed by atoms with van der Waals surface area (Å²) >= 11 is 0. The van der Waals surface area contributed by atoms with Gasteiger partial charge < -0.3 is 10.1 Å². The number of anilines is 1. The summed E-state index contributed by atoms with van der Waals surface area (Å²) in [4.78, 5) is 11.3. The van der Waals surface area contributed by atoms with Crippen LogP contribution in [0.2, 0.25) is 0 Å². The van der Waals surface area contributed by atoms with E-state index in [2.05, 4.69) is 12.2 Å². The van der Waals surface area contributed by atoms with Gasteiger partial charge >= 0.3 is 0 Å².